The minimum Gasteiger partial charge on any atom is -0.330 e. The molecule has 2 aromatic carbocycles. The molecule has 2 N–H and O–H groups in total. The third-order valence-electron chi connectivity index (χ3n) is 7.04. The van der Waals surface area contributed by atoms with Gasteiger partial charge < -0.3 is 10.6 Å². The highest BCUT2D eigenvalue weighted by molar-refractivity contribution is 5.94. The van der Waals surface area contributed by atoms with Crippen molar-refractivity contribution in [1.29, 1.82) is 0 Å². The molecule has 38 heavy (non-hydrogen) atoms. The molecule has 1 amide bonds. The SMILES string of the molecule is Cc1ccc(C(=O)N(CC(C)(C)CN)C(c2nc3ccccn3c(=O)c2Cc2ccccc2)C(C)C)cc1. The molecule has 2 heterocycles. The summed E-state index contributed by atoms with van der Waals surface area (Å²) in [4.78, 5) is 35.0. The number of aromatic nitrogens is 2. The molecule has 6 nitrogen and oxygen atoms in total. The van der Waals surface area contributed by atoms with Crippen LogP contribution < -0.4 is 11.3 Å². The van der Waals surface area contributed by atoms with Crippen LogP contribution in [0, 0.1) is 18.3 Å². The van der Waals surface area contributed by atoms with Gasteiger partial charge in [-0.3, -0.25) is 14.0 Å². The Morgan fingerprint density at radius 3 is 2.29 bits per heavy atom. The number of benzene rings is 2. The number of amides is 1. The van der Waals surface area contributed by atoms with E-state index in [1.165, 1.54) is 0 Å². The fraction of sp³-hybridized carbons (Fsp3) is 0.344. The van der Waals surface area contributed by atoms with Crippen LogP contribution in [0.5, 0.6) is 0 Å². The molecule has 0 saturated carbocycles. The first kappa shape index (κ1) is 27.3. The van der Waals surface area contributed by atoms with Gasteiger partial charge in [-0.15, -0.1) is 0 Å². The summed E-state index contributed by atoms with van der Waals surface area (Å²) >= 11 is 0. The zero-order chi connectivity index (χ0) is 27.4. The molecule has 0 fully saturated rings. The summed E-state index contributed by atoms with van der Waals surface area (Å²) < 4.78 is 1.59. The molecule has 0 spiro atoms. The summed E-state index contributed by atoms with van der Waals surface area (Å²) in [5.74, 6) is -0.100. The third kappa shape index (κ3) is 5.86. The standard InChI is InChI=1S/C32H38N4O2/c1-22(2)29(36(21-32(4,5)20-33)30(37)25-16-14-23(3)15-17-25)28-26(19-24-11-7-6-8-12-24)31(38)35-18-10-9-13-27(35)34-28/h6-18,22,29H,19-21,33H2,1-5H3. The smallest absolute Gasteiger partial charge is 0.261 e. The Labute approximate surface area is 225 Å². The predicted molar refractivity (Wildman–Crippen MR) is 153 cm³/mol. The van der Waals surface area contributed by atoms with Crippen LogP contribution in [0.2, 0.25) is 0 Å². The molecular weight excluding hydrogens is 472 g/mol. The Bertz CT molecular complexity index is 1460. The second-order valence-corrected chi connectivity index (χ2v) is 11.2. The van der Waals surface area contributed by atoms with Gasteiger partial charge in [0.15, 0.2) is 0 Å². The van der Waals surface area contributed by atoms with Gasteiger partial charge in [-0.1, -0.05) is 81.8 Å². The lowest BCUT2D eigenvalue weighted by Gasteiger charge is -2.40. The summed E-state index contributed by atoms with van der Waals surface area (Å²) in [6.07, 6.45) is 2.18. The van der Waals surface area contributed by atoms with Crippen LogP contribution in [0.3, 0.4) is 0 Å². The first-order valence-corrected chi connectivity index (χ1v) is 13.2. The van der Waals surface area contributed by atoms with Gasteiger partial charge in [0.25, 0.3) is 11.5 Å². The van der Waals surface area contributed by atoms with Crippen molar-refractivity contribution < 1.29 is 4.79 Å². The van der Waals surface area contributed by atoms with Crippen molar-refractivity contribution in [2.45, 2.75) is 47.1 Å². The van der Waals surface area contributed by atoms with Gasteiger partial charge in [-0.05, 0) is 54.6 Å². The van der Waals surface area contributed by atoms with Crippen molar-refractivity contribution in [3.63, 3.8) is 0 Å². The van der Waals surface area contributed by atoms with E-state index in [1.54, 1.807) is 10.6 Å². The molecule has 198 valence electrons. The van der Waals surface area contributed by atoms with Crippen molar-refractivity contribution in [1.82, 2.24) is 14.3 Å². The largest absolute Gasteiger partial charge is 0.330 e. The Kier molecular flexibility index (Phi) is 8.12. The number of nitrogens with two attached hydrogens (primary N) is 1. The molecule has 6 heteroatoms. The van der Waals surface area contributed by atoms with E-state index in [9.17, 15) is 9.59 Å². The number of hydrogen-bond donors (Lipinski definition) is 1. The summed E-state index contributed by atoms with van der Waals surface area (Å²) in [5, 5.41) is 0. The molecule has 4 aromatic rings. The molecule has 4 rings (SSSR count). The maximum absolute atomic E-state index is 14.2. The number of hydrogen-bond acceptors (Lipinski definition) is 4. The Balaban J connectivity index is 1.95. The normalized spacial score (nSPS) is 12.6. The van der Waals surface area contributed by atoms with E-state index >= 15 is 0 Å². The van der Waals surface area contributed by atoms with Crippen molar-refractivity contribution in [2.75, 3.05) is 13.1 Å². The highest BCUT2D eigenvalue weighted by Gasteiger charge is 2.36. The Morgan fingerprint density at radius 2 is 1.66 bits per heavy atom. The zero-order valence-electron chi connectivity index (χ0n) is 23.0. The predicted octanol–water partition coefficient (Wildman–Crippen LogP) is 5.42. The topological polar surface area (TPSA) is 80.7 Å². The lowest BCUT2D eigenvalue weighted by molar-refractivity contribution is 0.0511. The van der Waals surface area contributed by atoms with Crippen molar-refractivity contribution >= 4 is 11.6 Å². The number of fused-ring (bicyclic) bond motifs is 1. The summed E-state index contributed by atoms with van der Waals surface area (Å²) in [5.41, 5.74) is 10.2. The van der Waals surface area contributed by atoms with Crippen LogP contribution in [0.1, 0.15) is 66.5 Å². The minimum atomic E-state index is -0.425. The first-order valence-electron chi connectivity index (χ1n) is 13.2. The fourth-order valence-corrected chi connectivity index (χ4v) is 4.86. The number of carbonyl (C=O) groups excluding carboxylic acids is 1. The van der Waals surface area contributed by atoms with Gasteiger partial charge in [0.05, 0.1) is 11.7 Å². The van der Waals surface area contributed by atoms with Gasteiger partial charge in [-0.25, -0.2) is 4.98 Å². The molecule has 0 radical (unpaired) electrons. The summed E-state index contributed by atoms with van der Waals surface area (Å²) in [6.45, 7) is 11.1. The van der Waals surface area contributed by atoms with Gasteiger partial charge in [-0.2, -0.15) is 0 Å². The lowest BCUT2D eigenvalue weighted by Crippen LogP contribution is -2.46. The van der Waals surface area contributed by atoms with E-state index in [4.69, 9.17) is 10.7 Å². The number of nitrogens with zero attached hydrogens (tertiary/aromatic N) is 3. The average Bonchev–Trinajstić information content (AvgIpc) is 2.91. The van der Waals surface area contributed by atoms with Crippen molar-refractivity contribution in [3.05, 3.63) is 117 Å². The number of carbonyl (C=O) groups is 1. The highest BCUT2D eigenvalue weighted by Crippen LogP contribution is 2.34. The molecule has 1 atom stereocenters. The van der Waals surface area contributed by atoms with Crippen LogP contribution in [0.15, 0.2) is 83.8 Å². The average molecular weight is 511 g/mol. The number of pyridine rings is 1. The third-order valence-corrected chi connectivity index (χ3v) is 7.04. The second-order valence-electron chi connectivity index (χ2n) is 11.2. The molecule has 0 aliphatic carbocycles. The van der Waals surface area contributed by atoms with Crippen LogP contribution in [0.25, 0.3) is 5.65 Å². The summed E-state index contributed by atoms with van der Waals surface area (Å²) in [7, 11) is 0. The molecule has 2 aromatic heterocycles. The zero-order valence-corrected chi connectivity index (χ0v) is 23.0. The van der Waals surface area contributed by atoms with Crippen LogP contribution in [-0.2, 0) is 6.42 Å². The van der Waals surface area contributed by atoms with E-state index in [0.29, 0.717) is 42.0 Å². The van der Waals surface area contributed by atoms with Crippen molar-refractivity contribution in [3.8, 4) is 0 Å². The first-order chi connectivity index (χ1) is 18.1. The van der Waals surface area contributed by atoms with E-state index < -0.39 is 6.04 Å². The van der Waals surface area contributed by atoms with Crippen LogP contribution in [-0.4, -0.2) is 33.3 Å². The Morgan fingerprint density at radius 1 is 1.00 bits per heavy atom. The Hall–Kier alpha value is -3.77. The van der Waals surface area contributed by atoms with Gasteiger partial charge >= 0.3 is 0 Å². The van der Waals surface area contributed by atoms with E-state index in [0.717, 1.165) is 11.1 Å². The highest BCUT2D eigenvalue weighted by atomic mass is 16.2. The molecule has 1 unspecified atom stereocenters. The van der Waals surface area contributed by atoms with Gasteiger partial charge in [0.2, 0.25) is 0 Å². The maximum Gasteiger partial charge on any atom is 0.261 e. The molecule has 0 saturated heterocycles. The van der Waals surface area contributed by atoms with E-state index in [-0.39, 0.29) is 22.8 Å². The second kappa shape index (κ2) is 11.3. The number of aryl methyl sites for hydroxylation is 1. The van der Waals surface area contributed by atoms with E-state index in [2.05, 4.69) is 27.7 Å². The van der Waals surface area contributed by atoms with Crippen molar-refractivity contribution in [2.24, 2.45) is 17.1 Å². The van der Waals surface area contributed by atoms with Gasteiger partial charge in [0, 0.05) is 30.3 Å². The quantitative estimate of drug-likeness (QED) is 0.326. The molecule has 0 aliphatic heterocycles. The summed E-state index contributed by atoms with van der Waals surface area (Å²) in [6, 6.07) is 22.7. The molecular formula is C32H38N4O2. The van der Waals surface area contributed by atoms with Gasteiger partial charge in [0.1, 0.15) is 5.65 Å². The lowest BCUT2D eigenvalue weighted by atomic mass is 9.88. The van der Waals surface area contributed by atoms with Crippen LogP contribution in [0.4, 0.5) is 0 Å². The van der Waals surface area contributed by atoms with Crippen LogP contribution >= 0.6 is 0 Å². The number of rotatable bonds is 9. The molecule has 0 aliphatic rings. The van der Waals surface area contributed by atoms with E-state index in [1.807, 2.05) is 84.6 Å². The fourth-order valence-electron chi connectivity index (χ4n) is 4.86. The maximum atomic E-state index is 14.2. The molecule has 0 bridgehead atoms. The monoisotopic (exact) mass is 510 g/mol. The minimum absolute atomic E-state index is 0.00874.